The first-order valence-electron chi connectivity index (χ1n) is 11.5. The highest BCUT2D eigenvalue weighted by atomic mass is 32.2. The van der Waals surface area contributed by atoms with Crippen LogP contribution in [-0.4, -0.2) is 48.2 Å². The number of nitrogens with two attached hydrogens (primary N) is 1. The minimum Gasteiger partial charge on any atom is -0.434 e. The third-order valence-electron chi connectivity index (χ3n) is 6.68. The van der Waals surface area contributed by atoms with Crippen LogP contribution in [0.5, 0.6) is 0 Å². The molecule has 0 bridgehead atoms. The standard InChI is InChI=1S/C23H31N3O6S/c1-2-3-4-5-15-31-22(28)32-16-25-13-9-17-18(21(25)27)7-6-8-19(17)33(29,30)26-14-10-20(24)23(26)11-12-23/h6-9,13,20H,2-5,10-12,14-16,24H2,1H3. The van der Waals surface area contributed by atoms with Crippen molar-refractivity contribution < 1.29 is 22.7 Å². The van der Waals surface area contributed by atoms with Crippen LogP contribution in [0.3, 0.4) is 0 Å². The Hall–Kier alpha value is -2.43. The molecule has 2 heterocycles. The number of sulfonamides is 1. The van der Waals surface area contributed by atoms with Crippen LogP contribution in [0.25, 0.3) is 10.8 Å². The van der Waals surface area contributed by atoms with Gasteiger partial charge in [0.15, 0.2) is 6.73 Å². The van der Waals surface area contributed by atoms with E-state index in [4.69, 9.17) is 15.2 Å². The highest BCUT2D eigenvalue weighted by molar-refractivity contribution is 7.89. The van der Waals surface area contributed by atoms with Gasteiger partial charge in [-0.2, -0.15) is 4.31 Å². The summed E-state index contributed by atoms with van der Waals surface area (Å²) in [5.74, 6) is 0. The minimum atomic E-state index is -3.82. The Morgan fingerprint density at radius 1 is 1.15 bits per heavy atom. The minimum absolute atomic E-state index is 0.0945. The van der Waals surface area contributed by atoms with Gasteiger partial charge in [-0.1, -0.05) is 32.3 Å². The third-order valence-corrected chi connectivity index (χ3v) is 8.72. The number of hydrogen-bond acceptors (Lipinski definition) is 7. The molecule has 10 heteroatoms. The number of ether oxygens (including phenoxy) is 2. The first kappa shape index (κ1) is 23.7. The van der Waals surface area contributed by atoms with E-state index in [9.17, 15) is 18.0 Å². The van der Waals surface area contributed by atoms with Crippen LogP contribution in [-0.2, 0) is 26.2 Å². The average molecular weight is 478 g/mol. The van der Waals surface area contributed by atoms with E-state index in [1.807, 2.05) is 0 Å². The number of aromatic nitrogens is 1. The Morgan fingerprint density at radius 3 is 2.67 bits per heavy atom. The van der Waals surface area contributed by atoms with Crippen molar-refractivity contribution >= 4 is 27.0 Å². The third kappa shape index (κ3) is 4.51. The number of carbonyl (C=O) groups is 1. The topological polar surface area (TPSA) is 121 Å². The number of carbonyl (C=O) groups excluding carboxylic acids is 1. The van der Waals surface area contributed by atoms with E-state index in [1.165, 1.54) is 21.1 Å². The lowest BCUT2D eigenvalue weighted by atomic mass is 10.1. The van der Waals surface area contributed by atoms with Crippen molar-refractivity contribution in [2.45, 2.75) is 75.1 Å². The van der Waals surface area contributed by atoms with Crippen LogP contribution in [0.1, 0.15) is 51.9 Å². The molecule has 0 radical (unpaired) electrons. The van der Waals surface area contributed by atoms with Crippen molar-refractivity contribution in [3.05, 3.63) is 40.8 Å². The summed E-state index contributed by atoms with van der Waals surface area (Å²) >= 11 is 0. The van der Waals surface area contributed by atoms with E-state index in [1.54, 1.807) is 18.2 Å². The predicted octanol–water partition coefficient (Wildman–Crippen LogP) is 2.95. The lowest BCUT2D eigenvalue weighted by molar-refractivity contribution is 0.0321. The molecule has 1 saturated heterocycles. The maximum atomic E-state index is 13.5. The van der Waals surface area contributed by atoms with Gasteiger partial charge in [-0.05, 0) is 43.9 Å². The summed E-state index contributed by atoms with van der Waals surface area (Å²) in [5, 5.41) is 0.581. The second kappa shape index (κ2) is 9.44. The largest absolute Gasteiger partial charge is 0.510 e. The number of benzene rings is 1. The zero-order chi connectivity index (χ0) is 23.6. The zero-order valence-electron chi connectivity index (χ0n) is 18.9. The molecule has 1 unspecified atom stereocenters. The molecule has 2 aliphatic rings. The van der Waals surface area contributed by atoms with Crippen LogP contribution in [0, 0.1) is 0 Å². The summed E-state index contributed by atoms with van der Waals surface area (Å²) in [6.45, 7) is 2.43. The van der Waals surface area contributed by atoms with E-state index in [0.29, 0.717) is 18.4 Å². The highest BCUT2D eigenvalue weighted by Crippen LogP contribution is 2.51. The maximum Gasteiger partial charge on any atom is 0.510 e. The molecule has 1 aliphatic heterocycles. The molecular formula is C23H31N3O6S. The molecule has 180 valence electrons. The summed E-state index contributed by atoms with van der Waals surface area (Å²) in [6.07, 6.45) is 6.65. The summed E-state index contributed by atoms with van der Waals surface area (Å²) < 4.78 is 39.8. The molecule has 4 rings (SSSR count). The number of unbranched alkanes of at least 4 members (excludes halogenated alkanes) is 3. The monoisotopic (exact) mass is 477 g/mol. The van der Waals surface area contributed by atoms with Gasteiger partial charge >= 0.3 is 6.16 Å². The molecule has 9 nitrogen and oxygen atoms in total. The Balaban J connectivity index is 1.51. The Bertz CT molecular complexity index is 1190. The van der Waals surface area contributed by atoms with E-state index < -0.39 is 27.3 Å². The molecule has 1 saturated carbocycles. The van der Waals surface area contributed by atoms with Gasteiger partial charge in [0, 0.05) is 29.6 Å². The van der Waals surface area contributed by atoms with Gasteiger partial charge in [0.2, 0.25) is 10.0 Å². The quantitative estimate of drug-likeness (QED) is 0.435. The first-order valence-corrected chi connectivity index (χ1v) is 13.0. The number of rotatable bonds is 9. The van der Waals surface area contributed by atoms with Gasteiger partial charge in [0.25, 0.3) is 5.56 Å². The summed E-state index contributed by atoms with van der Waals surface area (Å²) in [7, 11) is -3.82. The van der Waals surface area contributed by atoms with Gasteiger partial charge in [-0.3, -0.25) is 9.36 Å². The SMILES string of the molecule is CCCCCCOC(=O)OCn1ccc2c(S(=O)(=O)N3CCC(N)C34CC4)cccc2c1=O. The van der Waals surface area contributed by atoms with Gasteiger partial charge in [0.05, 0.1) is 17.0 Å². The van der Waals surface area contributed by atoms with Gasteiger partial charge in [-0.15, -0.1) is 0 Å². The molecule has 2 fully saturated rings. The molecule has 1 aromatic heterocycles. The number of pyridine rings is 1. The van der Waals surface area contributed by atoms with Gasteiger partial charge in [-0.25, -0.2) is 13.2 Å². The van der Waals surface area contributed by atoms with Crippen LogP contribution in [0.2, 0.25) is 0 Å². The van der Waals surface area contributed by atoms with Crippen LogP contribution >= 0.6 is 0 Å². The fourth-order valence-electron chi connectivity index (χ4n) is 4.62. The molecule has 2 N–H and O–H groups in total. The van der Waals surface area contributed by atoms with Crippen molar-refractivity contribution in [3.8, 4) is 0 Å². The van der Waals surface area contributed by atoms with Crippen molar-refractivity contribution in [2.75, 3.05) is 13.2 Å². The number of nitrogens with zero attached hydrogens (tertiary/aromatic N) is 2. The molecule has 1 aliphatic carbocycles. The molecule has 1 aromatic carbocycles. The van der Waals surface area contributed by atoms with Crippen molar-refractivity contribution in [1.82, 2.24) is 8.87 Å². The zero-order valence-corrected chi connectivity index (χ0v) is 19.7. The molecule has 2 aromatic rings. The van der Waals surface area contributed by atoms with Crippen LogP contribution in [0.15, 0.2) is 40.2 Å². The molecular weight excluding hydrogens is 446 g/mol. The van der Waals surface area contributed by atoms with Crippen molar-refractivity contribution in [3.63, 3.8) is 0 Å². The fraction of sp³-hybridized carbons (Fsp3) is 0.565. The van der Waals surface area contributed by atoms with E-state index in [2.05, 4.69) is 6.92 Å². The predicted molar refractivity (Wildman–Crippen MR) is 123 cm³/mol. The highest BCUT2D eigenvalue weighted by Gasteiger charge is 2.60. The number of hydrogen-bond donors (Lipinski definition) is 1. The Morgan fingerprint density at radius 2 is 1.94 bits per heavy atom. The normalized spacial score (nSPS) is 19.8. The fourth-order valence-corrected chi connectivity index (χ4v) is 6.71. The molecule has 1 atom stereocenters. The van der Waals surface area contributed by atoms with Crippen molar-refractivity contribution in [1.29, 1.82) is 0 Å². The Kier molecular flexibility index (Phi) is 6.78. The summed E-state index contributed by atoms with van der Waals surface area (Å²) in [4.78, 5) is 24.9. The maximum absolute atomic E-state index is 13.5. The lowest BCUT2D eigenvalue weighted by Gasteiger charge is -2.26. The van der Waals surface area contributed by atoms with Crippen LogP contribution < -0.4 is 11.3 Å². The molecule has 33 heavy (non-hydrogen) atoms. The average Bonchev–Trinajstić information content (AvgIpc) is 3.52. The van der Waals surface area contributed by atoms with Crippen molar-refractivity contribution in [2.24, 2.45) is 5.73 Å². The van der Waals surface area contributed by atoms with Gasteiger partial charge in [0.1, 0.15) is 0 Å². The second-order valence-corrected chi connectivity index (χ2v) is 10.6. The number of fused-ring (bicyclic) bond motifs is 1. The van der Waals surface area contributed by atoms with E-state index in [0.717, 1.165) is 38.5 Å². The van der Waals surface area contributed by atoms with E-state index >= 15 is 0 Å². The smallest absolute Gasteiger partial charge is 0.434 e. The lowest BCUT2D eigenvalue weighted by Crippen LogP contribution is -2.44. The van der Waals surface area contributed by atoms with Gasteiger partial charge < -0.3 is 15.2 Å². The second-order valence-electron chi connectivity index (χ2n) is 8.82. The molecule has 1 spiro atoms. The first-order chi connectivity index (χ1) is 15.8. The van der Waals surface area contributed by atoms with E-state index in [-0.39, 0.29) is 29.7 Å². The van der Waals surface area contributed by atoms with Crippen LogP contribution in [0.4, 0.5) is 4.79 Å². The Labute approximate surface area is 193 Å². The molecule has 0 amide bonds. The summed E-state index contributed by atoms with van der Waals surface area (Å²) in [5.41, 5.74) is 5.26. The summed E-state index contributed by atoms with van der Waals surface area (Å²) in [6, 6.07) is 6.05.